The van der Waals surface area contributed by atoms with Crippen LogP contribution in [0, 0.1) is 0 Å². The Balaban J connectivity index is 2.07. The van der Waals surface area contributed by atoms with Gasteiger partial charge < -0.3 is 0 Å². The summed E-state index contributed by atoms with van der Waals surface area (Å²) in [6.07, 6.45) is 12.3. The number of rotatable bonds is 2. The van der Waals surface area contributed by atoms with E-state index in [-0.39, 0.29) is 0 Å². The van der Waals surface area contributed by atoms with E-state index < -0.39 is 0 Å². The van der Waals surface area contributed by atoms with Crippen molar-refractivity contribution in [1.29, 1.82) is 0 Å². The molecule has 0 amide bonds. The minimum absolute atomic E-state index is 1.32. The van der Waals surface area contributed by atoms with Crippen molar-refractivity contribution < 1.29 is 0 Å². The SMILES string of the molecule is C=C/C=C1C=C/1C1=CC=C1. The number of hydrogen-bond donors (Lipinski definition) is 0. The Morgan fingerprint density at radius 2 is 2.20 bits per heavy atom. The molecule has 0 spiro atoms. The zero-order valence-corrected chi connectivity index (χ0v) is 5.67. The second-order valence-electron chi connectivity index (χ2n) is 2.40. The molecule has 2 rings (SSSR count). The summed E-state index contributed by atoms with van der Waals surface area (Å²) in [6, 6.07) is 0. The van der Waals surface area contributed by atoms with Crippen LogP contribution in [-0.4, -0.2) is 0 Å². The van der Waals surface area contributed by atoms with E-state index in [9.17, 15) is 0 Å². The quantitative estimate of drug-likeness (QED) is 0.536. The second-order valence-corrected chi connectivity index (χ2v) is 2.40. The van der Waals surface area contributed by atoms with Crippen molar-refractivity contribution in [3.63, 3.8) is 0 Å². The van der Waals surface area contributed by atoms with Gasteiger partial charge >= 0.3 is 0 Å². The van der Waals surface area contributed by atoms with E-state index >= 15 is 0 Å². The molecule has 0 unspecified atom stereocenters. The van der Waals surface area contributed by atoms with Crippen LogP contribution in [0.15, 0.2) is 59.8 Å². The van der Waals surface area contributed by atoms with Crippen molar-refractivity contribution in [3.05, 3.63) is 59.8 Å². The molecule has 10 heavy (non-hydrogen) atoms. The Morgan fingerprint density at radius 1 is 1.40 bits per heavy atom. The average Bonchev–Trinajstić information content (AvgIpc) is 2.44. The van der Waals surface area contributed by atoms with E-state index in [2.05, 4.69) is 30.9 Å². The van der Waals surface area contributed by atoms with Crippen LogP contribution >= 0.6 is 0 Å². The molecule has 48 valence electrons. The molecule has 2 aliphatic carbocycles. The summed E-state index contributed by atoms with van der Waals surface area (Å²) in [5.41, 5.74) is 4.06. The van der Waals surface area contributed by atoms with Crippen LogP contribution in [0.25, 0.3) is 0 Å². The summed E-state index contributed by atoms with van der Waals surface area (Å²) in [4.78, 5) is 0. The number of hydrogen-bond acceptors (Lipinski definition) is 0. The van der Waals surface area contributed by atoms with Gasteiger partial charge in [0.15, 0.2) is 0 Å². The van der Waals surface area contributed by atoms with Crippen molar-refractivity contribution in [2.75, 3.05) is 0 Å². The molecular formula is C10H8. The molecule has 0 nitrogen and oxygen atoms in total. The Hall–Kier alpha value is -1.30. The zero-order valence-electron chi connectivity index (χ0n) is 5.67. The van der Waals surface area contributed by atoms with E-state index in [1.807, 2.05) is 12.2 Å². The molecule has 2 aliphatic rings. The van der Waals surface area contributed by atoms with Crippen LogP contribution < -0.4 is 0 Å². The summed E-state index contributed by atoms with van der Waals surface area (Å²) < 4.78 is 0. The molecule has 0 saturated heterocycles. The third kappa shape index (κ3) is 0.695. The molecule has 0 bridgehead atoms. The molecule has 0 fully saturated rings. The molecule has 0 aliphatic heterocycles. The van der Waals surface area contributed by atoms with Gasteiger partial charge in [0, 0.05) is 0 Å². The third-order valence-electron chi connectivity index (χ3n) is 1.69. The van der Waals surface area contributed by atoms with Gasteiger partial charge in [-0.3, -0.25) is 0 Å². The highest BCUT2D eigenvalue weighted by Crippen LogP contribution is 2.37. The lowest BCUT2D eigenvalue weighted by Crippen LogP contribution is -1.80. The Morgan fingerprint density at radius 3 is 2.70 bits per heavy atom. The van der Waals surface area contributed by atoms with Gasteiger partial charge in [-0.15, -0.1) is 0 Å². The Bertz CT molecular complexity index is 296. The molecule has 0 radical (unpaired) electrons. The van der Waals surface area contributed by atoms with Crippen LogP contribution in [0.5, 0.6) is 0 Å². The van der Waals surface area contributed by atoms with Gasteiger partial charge in [0.1, 0.15) is 0 Å². The largest absolute Gasteiger partial charge is 0.0990 e. The molecule has 0 heterocycles. The van der Waals surface area contributed by atoms with Crippen LogP contribution in [0.4, 0.5) is 0 Å². The van der Waals surface area contributed by atoms with E-state index in [1.165, 1.54) is 16.7 Å². The van der Waals surface area contributed by atoms with Crippen LogP contribution in [0.1, 0.15) is 0 Å². The summed E-state index contributed by atoms with van der Waals surface area (Å²) >= 11 is 0. The van der Waals surface area contributed by atoms with Gasteiger partial charge in [0.25, 0.3) is 0 Å². The minimum Gasteiger partial charge on any atom is -0.0990 e. The summed E-state index contributed by atoms with van der Waals surface area (Å²) in [5, 5.41) is 0. The van der Waals surface area contributed by atoms with E-state index in [4.69, 9.17) is 0 Å². The van der Waals surface area contributed by atoms with Crippen molar-refractivity contribution >= 4 is 0 Å². The van der Waals surface area contributed by atoms with Crippen LogP contribution in [0.3, 0.4) is 0 Å². The molecule has 0 atom stereocenters. The first-order valence-electron chi connectivity index (χ1n) is 3.35. The average molecular weight is 128 g/mol. The molecule has 0 heteroatoms. The van der Waals surface area contributed by atoms with Gasteiger partial charge in [-0.1, -0.05) is 37.0 Å². The molecule has 0 aromatic rings. The van der Waals surface area contributed by atoms with Gasteiger partial charge in [-0.05, 0) is 22.8 Å². The first-order chi connectivity index (χ1) is 4.92. The minimum atomic E-state index is 1.32. The lowest BCUT2D eigenvalue weighted by molar-refractivity contribution is 1.56. The van der Waals surface area contributed by atoms with Crippen LogP contribution in [-0.2, 0) is 0 Å². The van der Waals surface area contributed by atoms with Gasteiger partial charge in [-0.2, -0.15) is 0 Å². The molecular weight excluding hydrogens is 120 g/mol. The normalized spacial score (nSPS) is 23.4. The summed E-state index contributed by atoms with van der Waals surface area (Å²) in [6.45, 7) is 3.63. The lowest BCUT2D eigenvalue weighted by Gasteiger charge is -1.99. The fourth-order valence-electron chi connectivity index (χ4n) is 1.01. The molecule has 0 aromatic heterocycles. The van der Waals surface area contributed by atoms with Crippen molar-refractivity contribution in [2.45, 2.75) is 0 Å². The highest BCUT2D eigenvalue weighted by atomic mass is 14.2. The maximum Gasteiger partial charge on any atom is -0.0105 e. The second kappa shape index (κ2) is 1.84. The first-order valence-corrected chi connectivity index (χ1v) is 3.35. The number of allylic oxidation sites excluding steroid dienone is 9. The topological polar surface area (TPSA) is 0 Å². The predicted octanol–water partition coefficient (Wildman–Crippen LogP) is 2.54. The Labute approximate surface area is 60.6 Å². The zero-order chi connectivity index (χ0) is 6.97. The van der Waals surface area contributed by atoms with E-state index in [0.29, 0.717) is 0 Å². The molecule has 0 N–H and O–H groups in total. The van der Waals surface area contributed by atoms with Gasteiger partial charge in [-0.25, -0.2) is 0 Å². The molecule has 0 saturated carbocycles. The lowest BCUT2D eigenvalue weighted by atomic mass is 10.1. The van der Waals surface area contributed by atoms with Crippen molar-refractivity contribution in [2.24, 2.45) is 0 Å². The van der Waals surface area contributed by atoms with E-state index in [1.54, 1.807) is 0 Å². The fraction of sp³-hybridized carbons (Fsp3) is 0. The third-order valence-corrected chi connectivity index (χ3v) is 1.69. The summed E-state index contributed by atoms with van der Waals surface area (Å²) in [5.74, 6) is 0. The first kappa shape index (κ1) is 5.48. The smallest absolute Gasteiger partial charge is 0.0105 e. The standard InChI is InChI=1S/C10H8/c1-2-4-9-7-10(9)8-5-3-6-8/h2-7H,1H2/b9-4-. The predicted molar refractivity (Wildman–Crippen MR) is 43.6 cm³/mol. The van der Waals surface area contributed by atoms with E-state index in [0.717, 1.165) is 0 Å². The monoisotopic (exact) mass is 128 g/mol. The maximum absolute atomic E-state index is 3.63. The molecule has 0 aromatic carbocycles. The van der Waals surface area contributed by atoms with Gasteiger partial charge in [0.05, 0.1) is 0 Å². The highest BCUT2D eigenvalue weighted by molar-refractivity contribution is 5.73. The highest BCUT2D eigenvalue weighted by Gasteiger charge is 2.19. The summed E-state index contributed by atoms with van der Waals surface area (Å²) in [7, 11) is 0. The van der Waals surface area contributed by atoms with Gasteiger partial charge in [0.2, 0.25) is 0 Å². The fourth-order valence-corrected chi connectivity index (χ4v) is 1.01. The Kier molecular flexibility index (Phi) is 1.01. The van der Waals surface area contributed by atoms with Crippen molar-refractivity contribution in [3.8, 4) is 0 Å². The maximum atomic E-state index is 3.63. The van der Waals surface area contributed by atoms with Crippen LogP contribution in [0.2, 0.25) is 0 Å². The van der Waals surface area contributed by atoms with Crippen molar-refractivity contribution in [1.82, 2.24) is 0 Å².